The Morgan fingerprint density at radius 3 is 2.42 bits per heavy atom. The summed E-state index contributed by atoms with van der Waals surface area (Å²) in [5.74, 6) is 0.533. The van der Waals surface area contributed by atoms with Crippen molar-refractivity contribution in [2.45, 2.75) is 32.9 Å². The fourth-order valence-electron chi connectivity index (χ4n) is 2.53. The summed E-state index contributed by atoms with van der Waals surface area (Å²) in [7, 11) is 0. The van der Waals surface area contributed by atoms with Crippen molar-refractivity contribution in [1.29, 1.82) is 0 Å². The Labute approximate surface area is 130 Å². The molecular weight excluding hydrogens is 303 g/mol. The number of nitrogens with one attached hydrogen (secondary N) is 1. The van der Waals surface area contributed by atoms with Gasteiger partial charge in [0, 0.05) is 25.2 Å². The molecule has 2 atom stereocenters. The molecule has 5 heteroatoms. The second kappa shape index (κ2) is 6.09. The van der Waals surface area contributed by atoms with Crippen LogP contribution in [-0.2, 0) is 0 Å². The minimum Gasteiger partial charge on any atom is -0.364 e. The fourth-order valence-corrected chi connectivity index (χ4v) is 3.18. The highest BCUT2D eigenvalue weighted by atomic mass is 35.5. The largest absolute Gasteiger partial charge is 0.364 e. The van der Waals surface area contributed by atoms with E-state index in [2.05, 4.69) is 31.0 Å². The van der Waals surface area contributed by atoms with Crippen molar-refractivity contribution in [3.8, 4) is 0 Å². The first-order chi connectivity index (χ1) is 8.90. The predicted molar refractivity (Wildman–Crippen MR) is 84.9 cm³/mol. The first kappa shape index (κ1) is 15.2. The van der Waals surface area contributed by atoms with Crippen LogP contribution < -0.4 is 10.2 Å². The van der Waals surface area contributed by atoms with Gasteiger partial charge in [0.15, 0.2) is 0 Å². The molecule has 1 heterocycles. The van der Waals surface area contributed by atoms with Crippen LogP contribution in [-0.4, -0.2) is 25.2 Å². The Morgan fingerprint density at radius 2 is 1.79 bits per heavy atom. The van der Waals surface area contributed by atoms with Crippen molar-refractivity contribution in [3.05, 3.63) is 27.2 Å². The molecule has 2 nitrogen and oxygen atoms in total. The number of rotatable bonds is 2. The third-order valence-electron chi connectivity index (χ3n) is 3.62. The molecule has 1 saturated heterocycles. The van der Waals surface area contributed by atoms with E-state index in [-0.39, 0.29) is 0 Å². The van der Waals surface area contributed by atoms with Crippen molar-refractivity contribution in [2.75, 3.05) is 18.0 Å². The van der Waals surface area contributed by atoms with Crippen LogP contribution >= 0.6 is 34.8 Å². The molecule has 0 radical (unpaired) electrons. The molecule has 1 aliphatic heterocycles. The van der Waals surface area contributed by atoms with Gasteiger partial charge in [-0.1, -0.05) is 48.7 Å². The summed E-state index contributed by atoms with van der Waals surface area (Å²) in [4.78, 5) is 2.34. The smallest absolute Gasteiger partial charge is 0.0655 e. The Morgan fingerprint density at radius 1 is 1.16 bits per heavy atom. The second-order valence-electron chi connectivity index (χ2n) is 5.49. The molecule has 1 aromatic rings. The molecule has 0 spiro atoms. The topological polar surface area (TPSA) is 15.3 Å². The van der Waals surface area contributed by atoms with E-state index in [0.717, 1.165) is 18.8 Å². The van der Waals surface area contributed by atoms with Crippen LogP contribution in [0.3, 0.4) is 0 Å². The van der Waals surface area contributed by atoms with E-state index >= 15 is 0 Å². The van der Waals surface area contributed by atoms with Gasteiger partial charge in [-0.15, -0.1) is 0 Å². The van der Waals surface area contributed by atoms with Crippen LogP contribution in [0.1, 0.15) is 20.8 Å². The van der Waals surface area contributed by atoms with E-state index in [4.69, 9.17) is 34.8 Å². The number of nitrogens with zero attached hydrogens (tertiary/aromatic N) is 1. The number of hydrogen-bond acceptors (Lipinski definition) is 2. The maximum atomic E-state index is 6.35. The van der Waals surface area contributed by atoms with Gasteiger partial charge in [-0.25, -0.2) is 0 Å². The Kier molecular flexibility index (Phi) is 4.88. The number of piperazine rings is 1. The lowest BCUT2D eigenvalue weighted by Crippen LogP contribution is -2.57. The maximum absolute atomic E-state index is 6.35. The van der Waals surface area contributed by atoms with Crippen LogP contribution in [0.25, 0.3) is 0 Å². The minimum atomic E-state index is 0.408. The Bertz CT molecular complexity index is 462. The van der Waals surface area contributed by atoms with Gasteiger partial charge >= 0.3 is 0 Å². The number of anilines is 1. The molecule has 0 amide bonds. The lowest BCUT2D eigenvalue weighted by Gasteiger charge is -2.43. The molecule has 106 valence electrons. The van der Waals surface area contributed by atoms with Crippen LogP contribution in [0.5, 0.6) is 0 Å². The van der Waals surface area contributed by atoms with E-state index in [1.807, 2.05) is 6.07 Å². The van der Waals surface area contributed by atoms with Crippen LogP contribution in [0.15, 0.2) is 12.1 Å². The molecule has 19 heavy (non-hydrogen) atoms. The van der Waals surface area contributed by atoms with Crippen LogP contribution in [0.4, 0.5) is 5.69 Å². The number of hydrogen-bond donors (Lipinski definition) is 1. The zero-order chi connectivity index (χ0) is 14.2. The Hall–Kier alpha value is -0.150. The lowest BCUT2D eigenvalue weighted by molar-refractivity contribution is 0.349. The zero-order valence-corrected chi connectivity index (χ0v) is 13.6. The van der Waals surface area contributed by atoms with E-state index in [9.17, 15) is 0 Å². The van der Waals surface area contributed by atoms with Crippen LogP contribution in [0.2, 0.25) is 15.1 Å². The minimum absolute atomic E-state index is 0.408. The summed E-state index contributed by atoms with van der Waals surface area (Å²) in [6, 6.07) is 4.44. The first-order valence-electron chi connectivity index (χ1n) is 6.54. The second-order valence-corrected chi connectivity index (χ2v) is 6.71. The highest BCUT2D eigenvalue weighted by molar-refractivity contribution is 6.44. The highest BCUT2D eigenvalue weighted by Crippen LogP contribution is 2.36. The molecule has 0 saturated carbocycles. The molecule has 0 aromatic heterocycles. The molecule has 1 N–H and O–H groups in total. The lowest BCUT2D eigenvalue weighted by atomic mass is 9.98. The molecule has 0 bridgehead atoms. The summed E-state index contributed by atoms with van der Waals surface area (Å²) < 4.78 is 0. The third kappa shape index (κ3) is 3.30. The average Bonchev–Trinajstić information content (AvgIpc) is 2.33. The quantitative estimate of drug-likeness (QED) is 0.809. The van der Waals surface area contributed by atoms with Gasteiger partial charge < -0.3 is 10.2 Å². The summed E-state index contributed by atoms with van der Waals surface area (Å²) >= 11 is 18.5. The van der Waals surface area contributed by atoms with Crippen molar-refractivity contribution >= 4 is 40.5 Å². The van der Waals surface area contributed by atoms with Gasteiger partial charge in [0.25, 0.3) is 0 Å². The van der Waals surface area contributed by atoms with E-state index in [1.165, 1.54) is 0 Å². The van der Waals surface area contributed by atoms with Crippen molar-refractivity contribution in [1.82, 2.24) is 5.32 Å². The van der Waals surface area contributed by atoms with E-state index in [0.29, 0.717) is 33.1 Å². The van der Waals surface area contributed by atoms with E-state index in [1.54, 1.807) is 6.07 Å². The molecule has 0 aliphatic carbocycles. The molecule has 1 fully saturated rings. The monoisotopic (exact) mass is 320 g/mol. The highest BCUT2D eigenvalue weighted by Gasteiger charge is 2.29. The SMILES string of the molecule is CC1CN(c2cc(Cl)c(Cl)cc2Cl)C(C(C)C)CN1. The predicted octanol–water partition coefficient (Wildman–Crippen LogP) is 4.47. The van der Waals surface area contributed by atoms with Crippen molar-refractivity contribution in [3.63, 3.8) is 0 Å². The summed E-state index contributed by atoms with van der Waals surface area (Å²) in [6.45, 7) is 8.49. The van der Waals surface area contributed by atoms with Crippen molar-refractivity contribution < 1.29 is 0 Å². The summed E-state index contributed by atoms with van der Waals surface area (Å²) in [5.41, 5.74) is 0.975. The molecule has 1 aliphatic rings. The van der Waals surface area contributed by atoms with Gasteiger partial charge in [0.1, 0.15) is 0 Å². The fraction of sp³-hybridized carbons (Fsp3) is 0.571. The van der Waals surface area contributed by atoms with Gasteiger partial charge in [-0.05, 0) is 25.0 Å². The summed E-state index contributed by atoms with van der Waals surface area (Å²) in [5, 5.41) is 5.23. The molecule has 2 unspecified atom stereocenters. The van der Waals surface area contributed by atoms with Gasteiger partial charge in [0.2, 0.25) is 0 Å². The Balaban J connectivity index is 2.38. The zero-order valence-electron chi connectivity index (χ0n) is 11.4. The normalized spacial score (nSPS) is 24.1. The van der Waals surface area contributed by atoms with Gasteiger partial charge in [0.05, 0.1) is 20.8 Å². The van der Waals surface area contributed by atoms with Gasteiger partial charge in [-0.2, -0.15) is 0 Å². The third-order valence-corrected chi connectivity index (χ3v) is 4.64. The molecular formula is C14H19Cl3N2. The van der Waals surface area contributed by atoms with Crippen molar-refractivity contribution in [2.24, 2.45) is 5.92 Å². The van der Waals surface area contributed by atoms with Crippen LogP contribution in [0, 0.1) is 5.92 Å². The summed E-state index contributed by atoms with van der Waals surface area (Å²) in [6.07, 6.45) is 0. The molecule has 2 rings (SSSR count). The standard InChI is InChI=1S/C14H19Cl3N2/c1-8(2)14-6-18-9(3)7-19(14)13-5-11(16)10(15)4-12(13)17/h4-5,8-9,14,18H,6-7H2,1-3H3. The maximum Gasteiger partial charge on any atom is 0.0655 e. The number of halogens is 3. The molecule has 1 aromatic carbocycles. The first-order valence-corrected chi connectivity index (χ1v) is 7.68. The average molecular weight is 322 g/mol. The number of benzene rings is 1. The van der Waals surface area contributed by atoms with E-state index < -0.39 is 0 Å². The van der Waals surface area contributed by atoms with Gasteiger partial charge in [-0.3, -0.25) is 0 Å².